The highest BCUT2D eigenvalue weighted by Gasteiger charge is 2.11. The topological polar surface area (TPSA) is 50.4 Å². The SMILES string of the molecule is CCNCC(C)C(C)CCNC(=O)OC. The van der Waals surface area contributed by atoms with Crippen molar-refractivity contribution >= 4 is 6.09 Å². The Morgan fingerprint density at radius 1 is 1.33 bits per heavy atom. The quantitative estimate of drug-likeness (QED) is 0.680. The Hall–Kier alpha value is -0.770. The van der Waals surface area contributed by atoms with Crippen molar-refractivity contribution in [1.82, 2.24) is 10.6 Å². The molecule has 4 heteroatoms. The molecular formula is C11H24N2O2. The van der Waals surface area contributed by atoms with E-state index >= 15 is 0 Å². The zero-order valence-corrected chi connectivity index (χ0v) is 10.3. The monoisotopic (exact) mass is 216 g/mol. The fraction of sp³-hybridized carbons (Fsp3) is 0.909. The van der Waals surface area contributed by atoms with Crippen molar-refractivity contribution in [3.8, 4) is 0 Å². The summed E-state index contributed by atoms with van der Waals surface area (Å²) in [6.45, 7) is 9.28. The van der Waals surface area contributed by atoms with Crippen LogP contribution < -0.4 is 10.6 Å². The lowest BCUT2D eigenvalue weighted by atomic mass is 9.93. The van der Waals surface area contributed by atoms with Gasteiger partial charge in [-0.3, -0.25) is 0 Å². The van der Waals surface area contributed by atoms with Gasteiger partial charge in [-0.1, -0.05) is 20.8 Å². The number of hydrogen-bond acceptors (Lipinski definition) is 3. The Balaban J connectivity index is 3.54. The molecule has 2 N–H and O–H groups in total. The second-order valence-corrected chi connectivity index (χ2v) is 3.97. The summed E-state index contributed by atoms with van der Waals surface area (Å²) in [6, 6.07) is 0. The summed E-state index contributed by atoms with van der Waals surface area (Å²) < 4.78 is 4.50. The third-order valence-electron chi connectivity index (χ3n) is 2.74. The summed E-state index contributed by atoms with van der Waals surface area (Å²) in [5.41, 5.74) is 0. The molecule has 0 heterocycles. The number of amides is 1. The van der Waals surface area contributed by atoms with Gasteiger partial charge >= 0.3 is 6.09 Å². The fourth-order valence-corrected chi connectivity index (χ4v) is 1.33. The molecule has 15 heavy (non-hydrogen) atoms. The molecule has 0 aromatic heterocycles. The van der Waals surface area contributed by atoms with Crippen molar-refractivity contribution in [2.75, 3.05) is 26.7 Å². The molecule has 0 aliphatic rings. The molecule has 0 radical (unpaired) electrons. The first-order valence-electron chi connectivity index (χ1n) is 5.64. The average Bonchev–Trinajstić information content (AvgIpc) is 2.25. The summed E-state index contributed by atoms with van der Waals surface area (Å²) in [5.74, 6) is 1.23. The van der Waals surface area contributed by atoms with E-state index in [1.807, 2.05) is 0 Å². The van der Waals surface area contributed by atoms with Gasteiger partial charge in [0.2, 0.25) is 0 Å². The Kier molecular flexibility index (Phi) is 8.09. The highest BCUT2D eigenvalue weighted by atomic mass is 16.5. The lowest BCUT2D eigenvalue weighted by Crippen LogP contribution is -2.29. The maximum atomic E-state index is 10.8. The molecule has 0 saturated heterocycles. The molecule has 0 rings (SSSR count). The third kappa shape index (κ3) is 7.19. The summed E-state index contributed by atoms with van der Waals surface area (Å²) in [4.78, 5) is 10.8. The van der Waals surface area contributed by atoms with E-state index in [4.69, 9.17) is 0 Å². The van der Waals surface area contributed by atoms with Crippen LogP contribution in [0.3, 0.4) is 0 Å². The standard InChI is InChI=1S/C11H24N2O2/c1-5-12-8-10(3)9(2)6-7-13-11(14)15-4/h9-10,12H,5-8H2,1-4H3,(H,13,14). The van der Waals surface area contributed by atoms with E-state index in [-0.39, 0.29) is 6.09 Å². The van der Waals surface area contributed by atoms with Crippen LogP contribution in [0.1, 0.15) is 27.2 Å². The molecule has 0 aromatic carbocycles. The number of nitrogens with one attached hydrogen (secondary N) is 2. The van der Waals surface area contributed by atoms with Gasteiger partial charge in [0.1, 0.15) is 0 Å². The molecule has 0 aromatic rings. The van der Waals surface area contributed by atoms with Gasteiger partial charge in [-0.05, 0) is 31.3 Å². The minimum atomic E-state index is -0.346. The predicted molar refractivity (Wildman–Crippen MR) is 61.9 cm³/mol. The molecule has 0 spiro atoms. The van der Waals surface area contributed by atoms with Gasteiger partial charge in [-0.15, -0.1) is 0 Å². The summed E-state index contributed by atoms with van der Waals surface area (Å²) in [7, 11) is 1.38. The number of carbonyl (C=O) groups excluding carboxylic acids is 1. The first kappa shape index (κ1) is 14.2. The zero-order chi connectivity index (χ0) is 11.7. The van der Waals surface area contributed by atoms with E-state index in [9.17, 15) is 4.79 Å². The van der Waals surface area contributed by atoms with Crippen LogP contribution in [0.25, 0.3) is 0 Å². The van der Waals surface area contributed by atoms with E-state index in [2.05, 4.69) is 36.1 Å². The van der Waals surface area contributed by atoms with Gasteiger partial charge < -0.3 is 15.4 Å². The van der Waals surface area contributed by atoms with E-state index < -0.39 is 0 Å². The molecule has 0 fully saturated rings. The zero-order valence-electron chi connectivity index (χ0n) is 10.3. The van der Waals surface area contributed by atoms with Crippen molar-refractivity contribution in [3.05, 3.63) is 0 Å². The average molecular weight is 216 g/mol. The summed E-state index contributed by atoms with van der Waals surface area (Å²) >= 11 is 0. The second-order valence-electron chi connectivity index (χ2n) is 3.97. The Bertz CT molecular complexity index is 174. The van der Waals surface area contributed by atoms with Crippen LogP contribution in [0.4, 0.5) is 4.79 Å². The largest absolute Gasteiger partial charge is 0.453 e. The van der Waals surface area contributed by atoms with E-state index in [1.165, 1.54) is 7.11 Å². The van der Waals surface area contributed by atoms with Crippen LogP contribution in [-0.4, -0.2) is 32.8 Å². The third-order valence-corrected chi connectivity index (χ3v) is 2.74. The molecule has 0 aliphatic heterocycles. The molecule has 2 atom stereocenters. The van der Waals surface area contributed by atoms with E-state index in [1.54, 1.807) is 0 Å². The molecule has 0 aliphatic carbocycles. The van der Waals surface area contributed by atoms with E-state index in [0.717, 1.165) is 19.5 Å². The summed E-state index contributed by atoms with van der Waals surface area (Å²) in [5, 5.41) is 6.02. The van der Waals surface area contributed by atoms with E-state index in [0.29, 0.717) is 18.4 Å². The smallest absolute Gasteiger partial charge is 0.406 e. The predicted octanol–water partition coefficient (Wildman–Crippen LogP) is 1.61. The lowest BCUT2D eigenvalue weighted by molar-refractivity contribution is 0.170. The number of ether oxygens (including phenoxy) is 1. The minimum absolute atomic E-state index is 0.346. The van der Waals surface area contributed by atoms with Crippen LogP contribution in [0.5, 0.6) is 0 Å². The van der Waals surface area contributed by atoms with Gasteiger partial charge in [-0.2, -0.15) is 0 Å². The normalized spacial score (nSPS) is 14.4. The van der Waals surface area contributed by atoms with Crippen LogP contribution in [0, 0.1) is 11.8 Å². The van der Waals surface area contributed by atoms with Gasteiger partial charge in [0.05, 0.1) is 7.11 Å². The number of rotatable bonds is 7. The number of carbonyl (C=O) groups is 1. The summed E-state index contributed by atoms with van der Waals surface area (Å²) in [6.07, 6.45) is 0.642. The molecular weight excluding hydrogens is 192 g/mol. The van der Waals surface area contributed by atoms with Crippen molar-refractivity contribution < 1.29 is 9.53 Å². The molecule has 4 nitrogen and oxygen atoms in total. The van der Waals surface area contributed by atoms with Crippen molar-refractivity contribution in [2.45, 2.75) is 27.2 Å². The first-order chi connectivity index (χ1) is 7.11. The number of hydrogen-bond donors (Lipinski definition) is 2. The second kappa shape index (κ2) is 8.53. The van der Waals surface area contributed by atoms with Crippen LogP contribution >= 0.6 is 0 Å². The van der Waals surface area contributed by atoms with Crippen molar-refractivity contribution in [2.24, 2.45) is 11.8 Å². The van der Waals surface area contributed by atoms with Gasteiger partial charge in [-0.25, -0.2) is 4.79 Å². The van der Waals surface area contributed by atoms with Crippen LogP contribution in [0.2, 0.25) is 0 Å². The van der Waals surface area contributed by atoms with Crippen LogP contribution in [0.15, 0.2) is 0 Å². The van der Waals surface area contributed by atoms with Gasteiger partial charge in [0, 0.05) is 6.54 Å². The molecule has 1 amide bonds. The molecule has 2 unspecified atom stereocenters. The number of alkyl carbamates (subject to hydrolysis) is 1. The highest BCUT2D eigenvalue weighted by Crippen LogP contribution is 2.13. The maximum absolute atomic E-state index is 10.8. The Morgan fingerprint density at radius 2 is 2.00 bits per heavy atom. The number of methoxy groups -OCH3 is 1. The first-order valence-corrected chi connectivity index (χ1v) is 5.64. The Morgan fingerprint density at radius 3 is 2.53 bits per heavy atom. The van der Waals surface area contributed by atoms with Gasteiger partial charge in [0.15, 0.2) is 0 Å². The molecule has 90 valence electrons. The Labute approximate surface area is 92.8 Å². The lowest BCUT2D eigenvalue weighted by Gasteiger charge is -2.20. The van der Waals surface area contributed by atoms with Crippen LogP contribution in [-0.2, 0) is 4.74 Å². The maximum Gasteiger partial charge on any atom is 0.406 e. The molecule has 0 saturated carbocycles. The fourth-order valence-electron chi connectivity index (χ4n) is 1.33. The van der Waals surface area contributed by atoms with Crippen molar-refractivity contribution in [1.29, 1.82) is 0 Å². The highest BCUT2D eigenvalue weighted by molar-refractivity contribution is 5.66. The molecule has 0 bridgehead atoms. The van der Waals surface area contributed by atoms with Crippen molar-refractivity contribution in [3.63, 3.8) is 0 Å². The van der Waals surface area contributed by atoms with Gasteiger partial charge in [0.25, 0.3) is 0 Å². The minimum Gasteiger partial charge on any atom is -0.453 e.